The van der Waals surface area contributed by atoms with E-state index >= 15 is 0 Å². The summed E-state index contributed by atoms with van der Waals surface area (Å²) in [7, 11) is -2.01. The second kappa shape index (κ2) is 5.07. The van der Waals surface area contributed by atoms with E-state index in [-0.39, 0.29) is 11.4 Å². The molecule has 0 amide bonds. The van der Waals surface area contributed by atoms with Crippen LogP contribution in [0.2, 0.25) is 0 Å². The number of aryl methyl sites for hydroxylation is 1. The maximum Gasteiger partial charge on any atom is 0.265 e. The molecule has 102 valence electrons. The maximum atomic E-state index is 12.5. The zero-order valence-electron chi connectivity index (χ0n) is 10.9. The van der Waals surface area contributed by atoms with E-state index in [9.17, 15) is 8.42 Å². The van der Waals surface area contributed by atoms with Crippen molar-refractivity contribution in [2.75, 3.05) is 11.4 Å². The summed E-state index contributed by atoms with van der Waals surface area (Å²) in [4.78, 5) is 3.07. The van der Waals surface area contributed by atoms with Gasteiger partial charge in [0.1, 0.15) is 4.90 Å². The van der Waals surface area contributed by atoms with Crippen molar-refractivity contribution in [1.82, 2.24) is 4.98 Å². The molecule has 1 heterocycles. The van der Waals surface area contributed by atoms with Crippen molar-refractivity contribution in [2.45, 2.75) is 18.4 Å². The van der Waals surface area contributed by atoms with Gasteiger partial charge >= 0.3 is 0 Å². The Hall–Kier alpha value is -1.79. The van der Waals surface area contributed by atoms with E-state index in [4.69, 9.17) is 5.73 Å². The number of aromatic nitrogens is 1. The third kappa shape index (κ3) is 2.50. The monoisotopic (exact) mass is 279 g/mol. The molecule has 0 saturated heterocycles. The van der Waals surface area contributed by atoms with Gasteiger partial charge in [0.05, 0.1) is 5.69 Å². The molecule has 3 N–H and O–H groups in total. The Morgan fingerprint density at radius 2 is 2.00 bits per heavy atom. The van der Waals surface area contributed by atoms with Gasteiger partial charge in [0.15, 0.2) is 0 Å². The van der Waals surface area contributed by atoms with Gasteiger partial charge in [0, 0.05) is 25.5 Å². The maximum absolute atomic E-state index is 12.5. The third-order valence-electron chi connectivity index (χ3n) is 3.05. The van der Waals surface area contributed by atoms with Crippen LogP contribution in [0.25, 0.3) is 0 Å². The van der Waals surface area contributed by atoms with E-state index in [1.165, 1.54) is 10.5 Å². The number of aromatic amines is 1. The van der Waals surface area contributed by atoms with E-state index in [2.05, 4.69) is 4.98 Å². The number of hydrogen-bond acceptors (Lipinski definition) is 3. The summed E-state index contributed by atoms with van der Waals surface area (Å²) in [6.07, 6.45) is 1.46. The number of anilines is 1. The molecule has 6 heteroatoms. The van der Waals surface area contributed by atoms with Crippen molar-refractivity contribution < 1.29 is 8.42 Å². The molecular formula is C13H17N3O2S. The van der Waals surface area contributed by atoms with Gasteiger partial charge in [-0.1, -0.05) is 18.2 Å². The molecule has 0 saturated carbocycles. The number of nitrogens with zero attached hydrogens (tertiary/aromatic N) is 1. The number of para-hydroxylation sites is 1. The Balaban J connectivity index is 2.42. The van der Waals surface area contributed by atoms with Gasteiger partial charge in [-0.25, -0.2) is 8.42 Å². The van der Waals surface area contributed by atoms with Crippen molar-refractivity contribution in [3.63, 3.8) is 0 Å². The second-order valence-electron chi connectivity index (χ2n) is 4.32. The molecule has 0 aliphatic heterocycles. The van der Waals surface area contributed by atoms with Crippen molar-refractivity contribution >= 4 is 15.7 Å². The molecule has 0 spiro atoms. The first-order chi connectivity index (χ1) is 8.96. The van der Waals surface area contributed by atoms with Gasteiger partial charge in [-0.2, -0.15) is 0 Å². The lowest BCUT2D eigenvalue weighted by molar-refractivity contribution is 0.594. The highest BCUT2D eigenvalue weighted by Gasteiger charge is 2.23. The van der Waals surface area contributed by atoms with Crippen molar-refractivity contribution in [1.29, 1.82) is 0 Å². The first-order valence-electron chi connectivity index (χ1n) is 5.88. The van der Waals surface area contributed by atoms with Crippen LogP contribution in [-0.4, -0.2) is 20.4 Å². The summed E-state index contributed by atoms with van der Waals surface area (Å²) in [5, 5.41) is 0. The number of benzene rings is 1. The minimum absolute atomic E-state index is 0.221. The number of nitrogens with one attached hydrogen (secondary N) is 1. The van der Waals surface area contributed by atoms with Crippen LogP contribution in [0.4, 0.5) is 5.69 Å². The standard InChI is InChI=1S/C13H17N3O2S/c1-10-5-3-4-6-13(10)16(2)19(17,18)12-7-11(8-14)15-9-12/h3-7,9,15H,8,14H2,1-2H3. The average Bonchev–Trinajstić information content (AvgIpc) is 2.88. The molecular weight excluding hydrogens is 262 g/mol. The topological polar surface area (TPSA) is 79.2 Å². The van der Waals surface area contributed by atoms with E-state index in [1.54, 1.807) is 19.2 Å². The number of H-pyrrole nitrogens is 1. The van der Waals surface area contributed by atoms with Crippen LogP contribution < -0.4 is 10.0 Å². The van der Waals surface area contributed by atoms with E-state index < -0.39 is 10.0 Å². The molecule has 1 aromatic carbocycles. The fraction of sp³-hybridized carbons (Fsp3) is 0.231. The number of sulfonamides is 1. The minimum Gasteiger partial charge on any atom is -0.363 e. The van der Waals surface area contributed by atoms with Crippen LogP contribution in [0.5, 0.6) is 0 Å². The molecule has 1 aromatic heterocycles. The summed E-state index contributed by atoms with van der Waals surface area (Å²) >= 11 is 0. The molecule has 19 heavy (non-hydrogen) atoms. The highest BCUT2D eigenvalue weighted by molar-refractivity contribution is 7.92. The van der Waals surface area contributed by atoms with Gasteiger partial charge in [0.2, 0.25) is 0 Å². The summed E-state index contributed by atoms with van der Waals surface area (Å²) in [5.74, 6) is 0. The molecule has 0 atom stereocenters. The van der Waals surface area contributed by atoms with Gasteiger partial charge in [-0.05, 0) is 24.6 Å². The molecule has 0 fully saturated rings. The van der Waals surface area contributed by atoms with Gasteiger partial charge in [-0.15, -0.1) is 0 Å². The Labute approximate surface area is 113 Å². The predicted octanol–water partition coefficient (Wildman–Crippen LogP) is 1.61. The average molecular weight is 279 g/mol. The quantitative estimate of drug-likeness (QED) is 0.892. The lowest BCUT2D eigenvalue weighted by Crippen LogP contribution is -2.26. The smallest absolute Gasteiger partial charge is 0.265 e. The van der Waals surface area contributed by atoms with E-state index in [0.29, 0.717) is 11.4 Å². The lowest BCUT2D eigenvalue weighted by atomic mass is 10.2. The SMILES string of the molecule is Cc1ccccc1N(C)S(=O)(=O)c1c[nH]c(CN)c1. The normalized spacial score (nSPS) is 11.5. The first kappa shape index (κ1) is 13.6. The van der Waals surface area contributed by atoms with Crippen molar-refractivity contribution in [3.8, 4) is 0 Å². The van der Waals surface area contributed by atoms with Crippen LogP contribution in [0, 0.1) is 6.92 Å². The Morgan fingerprint density at radius 1 is 1.32 bits per heavy atom. The highest BCUT2D eigenvalue weighted by Crippen LogP contribution is 2.25. The van der Waals surface area contributed by atoms with E-state index in [0.717, 1.165) is 5.56 Å². The van der Waals surface area contributed by atoms with Crippen LogP contribution in [0.3, 0.4) is 0 Å². The number of hydrogen-bond donors (Lipinski definition) is 2. The largest absolute Gasteiger partial charge is 0.363 e. The fourth-order valence-electron chi connectivity index (χ4n) is 1.89. The van der Waals surface area contributed by atoms with Crippen LogP contribution >= 0.6 is 0 Å². The van der Waals surface area contributed by atoms with Gasteiger partial charge in [-0.3, -0.25) is 4.31 Å². The molecule has 5 nitrogen and oxygen atoms in total. The summed E-state index contributed by atoms with van der Waals surface area (Å²) in [6, 6.07) is 8.91. The third-order valence-corrected chi connectivity index (χ3v) is 4.80. The van der Waals surface area contributed by atoms with Crippen molar-refractivity contribution in [2.24, 2.45) is 5.73 Å². The minimum atomic E-state index is -3.56. The number of rotatable bonds is 4. The lowest BCUT2D eigenvalue weighted by Gasteiger charge is -2.20. The van der Waals surface area contributed by atoms with Gasteiger partial charge < -0.3 is 10.7 Å². The molecule has 0 aliphatic carbocycles. The van der Waals surface area contributed by atoms with Crippen molar-refractivity contribution in [3.05, 3.63) is 47.8 Å². The number of nitrogens with two attached hydrogens (primary N) is 1. The molecule has 0 radical (unpaired) electrons. The second-order valence-corrected chi connectivity index (χ2v) is 6.29. The molecule has 0 aliphatic rings. The Morgan fingerprint density at radius 3 is 2.58 bits per heavy atom. The van der Waals surface area contributed by atoms with Crippen LogP contribution in [-0.2, 0) is 16.6 Å². The summed E-state index contributed by atoms with van der Waals surface area (Å²) < 4.78 is 26.2. The summed E-state index contributed by atoms with van der Waals surface area (Å²) in [6.45, 7) is 2.16. The highest BCUT2D eigenvalue weighted by atomic mass is 32.2. The first-order valence-corrected chi connectivity index (χ1v) is 7.32. The molecule has 2 aromatic rings. The zero-order valence-corrected chi connectivity index (χ0v) is 11.7. The Bertz CT molecular complexity index is 677. The van der Waals surface area contributed by atoms with Crippen LogP contribution in [0.1, 0.15) is 11.3 Å². The molecule has 0 bridgehead atoms. The molecule has 0 unspecified atom stereocenters. The fourth-order valence-corrected chi connectivity index (χ4v) is 3.17. The van der Waals surface area contributed by atoms with Gasteiger partial charge in [0.25, 0.3) is 10.0 Å². The molecule has 2 rings (SSSR count). The van der Waals surface area contributed by atoms with E-state index in [1.807, 2.05) is 25.1 Å². The zero-order chi connectivity index (χ0) is 14.0. The summed E-state index contributed by atoms with van der Waals surface area (Å²) in [5.41, 5.74) is 7.74. The predicted molar refractivity (Wildman–Crippen MR) is 75.5 cm³/mol. The Kier molecular flexibility index (Phi) is 3.64. The van der Waals surface area contributed by atoms with Crippen LogP contribution in [0.15, 0.2) is 41.4 Å².